The van der Waals surface area contributed by atoms with Crippen LogP contribution >= 0.6 is 0 Å². The van der Waals surface area contributed by atoms with Gasteiger partial charge in [-0.05, 0) is 12.5 Å². The van der Waals surface area contributed by atoms with Crippen molar-refractivity contribution in [2.75, 3.05) is 0 Å². The van der Waals surface area contributed by atoms with Crippen LogP contribution in [0.15, 0.2) is 6.20 Å². The summed E-state index contributed by atoms with van der Waals surface area (Å²) < 4.78 is 1.65. The molecule has 5 heteroatoms. The smallest absolute Gasteiger partial charge is 0.320 e. The van der Waals surface area contributed by atoms with E-state index in [1.54, 1.807) is 17.9 Å². The molecule has 1 rings (SSSR count). The standard InChI is InChI=1S/C8H13N3O2/c1-5-4-10-11(2)7(5)3-6(9)8(12)13/h4,6H,3,9H2,1-2H3,(H,12,13). The highest BCUT2D eigenvalue weighted by atomic mass is 16.4. The lowest BCUT2D eigenvalue weighted by molar-refractivity contribution is -0.138. The SMILES string of the molecule is Cc1cnn(C)c1CC(N)C(=O)O. The van der Waals surface area contributed by atoms with Crippen LogP contribution in [0.25, 0.3) is 0 Å². The van der Waals surface area contributed by atoms with Gasteiger partial charge in [0.25, 0.3) is 0 Å². The van der Waals surface area contributed by atoms with Gasteiger partial charge in [-0.15, -0.1) is 0 Å². The van der Waals surface area contributed by atoms with Crippen LogP contribution < -0.4 is 5.73 Å². The quantitative estimate of drug-likeness (QED) is 0.673. The maximum atomic E-state index is 10.5. The Kier molecular flexibility index (Phi) is 2.67. The van der Waals surface area contributed by atoms with Gasteiger partial charge >= 0.3 is 5.97 Å². The van der Waals surface area contributed by atoms with Gasteiger partial charge in [-0.2, -0.15) is 5.10 Å². The molecular formula is C8H13N3O2. The van der Waals surface area contributed by atoms with Crippen molar-refractivity contribution >= 4 is 5.97 Å². The molecule has 0 spiro atoms. The second kappa shape index (κ2) is 3.57. The van der Waals surface area contributed by atoms with Crippen LogP contribution in [-0.4, -0.2) is 26.9 Å². The minimum Gasteiger partial charge on any atom is -0.480 e. The van der Waals surface area contributed by atoms with Crippen molar-refractivity contribution < 1.29 is 9.90 Å². The molecule has 0 saturated carbocycles. The molecule has 0 aliphatic carbocycles. The van der Waals surface area contributed by atoms with Gasteiger partial charge in [0.1, 0.15) is 6.04 Å². The number of hydrogen-bond donors (Lipinski definition) is 2. The van der Waals surface area contributed by atoms with E-state index in [-0.39, 0.29) is 0 Å². The average molecular weight is 183 g/mol. The summed E-state index contributed by atoms with van der Waals surface area (Å²) in [6.07, 6.45) is 2.02. The molecular weight excluding hydrogens is 170 g/mol. The number of rotatable bonds is 3. The summed E-state index contributed by atoms with van der Waals surface area (Å²) in [6, 6.07) is -0.853. The first kappa shape index (κ1) is 9.73. The number of hydrogen-bond acceptors (Lipinski definition) is 3. The number of carboxylic acid groups (broad SMARTS) is 1. The summed E-state index contributed by atoms with van der Waals surface area (Å²) in [4.78, 5) is 10.5. The Bertz CT molecular complexity index is 300. The maximum Gasteiger partial charge on any atom is 0.320 e. The van der Waals surface area contributed by atoms with Gasteiger partial charge in [-0.1, -0.05) is 0 Å². The third kappa shape index (κ3) is 2.06. The van der Waals surface area contributed by atoms with E-state index in [1.807, 2.05) is 6.92 Å². The number of aliphatic carboxylic acids is 1. The zero-order valence-corrected chi connectivity index (χ0v) is 7.69. The number of nitrogens with zero attached hydrogens (tertiary/aromatic N) is 2. The number of aryl methyl sites for hydroxylation is 2. The lowest BCUT2D eigenvalue weighted by Gasteiger charge is -2.07. The molecule has 72 valence electrons. The summed E-state index contributed by atoms with van der Waals surface area (Å²) in [6.45, 7) is 1.89. The molecule has 1 aromatic heterocycles. The molecule has 5 nitrogen and oxygen atoms in total. The largest absolute Gasteiger partial charge is 0.480 e. The van der Waals surface area contributed by atoms with Crippen LogP contribution in [0.1, 0.15) is 11.3 Å². The normalized spacial score (nSPS) is 12.8. The highest BCUT2D eigenvalue weighted by Crippen LogP contribution is 2.07. The Labute approximate surface area is 76.2 Å². The van der Waals surface area contributed by atoms with Crippen molar-refractivity contribution in [2.24, 2.45) is 12.8 Å². The van der Waals surface area contributed by atoms with Gasteiger partial charge < -0.3 is 10.8 Å². The fraction of sp³-hybridized carbons (Fsp3) is 0.500. The molecule has 0 saturated heterocycles. The molecule has 0 aromatic carbocycles. The van der Waals surface area contributed by atoms with Gasteiger partial charge in [0, 0.05) is 19.2 Å². The molecule has 13 heavy (non-hydrogen) atoms. The molecule has 0 aliphatic heterocycles. The fourth-order valence-corrected chi connectivity index (χ4v) is 1.16. The molecule has 0 amide bonds. The predicted octanol–water partition coefficient (Wildman–Crippen LogP) is -0.317. The Balaban J connectivity index is 2.79. The average Bonchev–Trinajstić information content (AvgIpc) is 2.35. The minimum atomic E-state index is -0.986. The number of carbonyl (C=O) groups is 1. The summed E-state index contributed by atoms with van der Waals surface area (Å²) in [5.74, 6) is -0.986. The molecule has 0 radical (unpaired) electrons. The van der Waals surface area contributed by atoms with Gasteiger partial charge in [0.2, 0.25) is 0 Å². The van der Waals surface area contributed by atoms with Crippen LogP contribution in [0.3, 0.4) is 0 Å². The zero-order chi connectivity index (χ0) is 10.0. The molecule has 1 unspecified atom stereocenters. The molecule has 1 aromatic rings. The zero-order valence-electron chi connectivity index (χ0n) is 7.69. The monoisotopic (exact) mass is 183 g/mol. The molecule has 1 heterocycles. The first-order chi connectivity index (χ1) is 6.02. The van der Waals surface area contributed by atoms with E-state index in [2.05, 4.69) is 5.10 Å². The van der Waals surface area contributed by atoms with E-state index in [4.69, 9.17) is 10.8 Å². The second-order valence-corrected chi connectivity index (χ2v) is 3.05. The van der Waals surface area contributed by atoms with Gasteiger partial charge in [0.15, 0.2) is 0 Å². The summed E-state index contributed by atoms with van der Waals surface area (Å²) in [5, 5.41) is 12.6. The summed E-state index contributed by atoms with van der Waals surface area (Å²) in [7, 11) is 1.77. The lowest BCUT2D eigenvalue weighted by atomic mass is 10.1. The fourth-order valence-electron chi connectivity index (χ4n) is 1.16. The van der Waals surface area contributed by atoms with E-state index in [1.165, 1.54) is 0 Å². The van der Waals surface area contributed by atoms with E-state index < -0.39 is 12.0 Å². The number of carboxylic acids is 1. The van der Waals surface area contributed by atoms with Crippen molar-refractivity contribution in [3.05, 3.63) is 17.5 Å². The van der Waals surface area contributed by atoms with E-state index in [0.29, 0.717) is 6.42 Å². The van der Waals surface area contributed by atoms with Crippen LogP contribution in [0.2, 0.25) is 0 Å². The Hall–Kier alpha value is -1.36. The first-order valence-corrected chi connectivity index (χ1v) is 3.98. The Morgan fingerprint density at radius 2 is 2.46 bits per heavy atom. The van der Waals surface area contributed by atoms with Crippen LogP contribution in [0.5, 0.6) is 0 Å². The van der Waals surface area contributed by atoms with Crippen LogP contribution in [-0.2, 0) is 18.3 Å². The maximum absolute atomic E-state index is 10.5. The van der Waals surface area contributed by atoms with Crippen molar-refractivity contribution in [1.82, 2.24) is 9.78 Å². The molecule has 3 N–H and O–H groups in total. The summed E-state index contributed by atoms with van der Waals surface area (Å²) >= 11 is 0. The van der Waals surface area contributed by atoms with Crippen LogP contribution in [0.4, 0.5) is 0 Å². The first-order valence-electron chi connectivity index (χ1n) is 3.98. The van der Waals surface area contributed by atoms with Gasteiger partial charge in [-0.3, -0.25) is 9.48 Å². The molecule has 0 bridgehead atoms. The van der Waals surface area contributed by atoms with E-state index in [0.717, 1.165) is 11.3 Å². The van der Waals surface area contributed by atoms with Crippen molar-refractivity contribution in [1.29, 1.82) is 0 Å². The highest BCUT2D eigenvalue weighted by molar-refractivity contribution is 5.73. The summed E-state index contributed by atoms with van der Waals surface area (Å²) in [5.41, 5.74) is 7.25. The number of aromatic nitrogens is 2. The third-order valence-electron chi connectivity index (χ3n) is 2.00. The predicted molar refractivity (Wildman–Crippen MR) is 47.3 cm³/mol. The Morgan fingerprint density at radius 3 is 2.85 bits per heavy atom. The van der Waals surface area contributed by atoms with Crippen molar-refractivity contribution in [3.63, 3.8) is 0 Å². The molecule has 0 aliphatic rings. The Morgan fingerprint density at radius 1 is 1.85 bits per heavy atom. The van der Waals surface area contributed by atoms with Gasteiger partial charge in [0.05, 0.1) is 6.20 Å². The highest BCUT2D eigenvalue weighted by Gasteiger charge is 2.15. The van der Waals surface area contributed by atoms with E-state index in [9.17, 15) is 4.79 Å². The molecule has 1 atom stereocenters. The van der Waals surface area contributed by atoms with Crippen LogP contribution in [0, 0.1) is 6.92 Å². The second-order valence-electron chi connectivity index (χ2n) is 3.05. The molecule has 0 fully saturated rings. The van der Waals surface area contributed by atoms with Gasteiger partial charge in [-0.25, -0.2) is 0 Å². The van der Waals surface area contributed by atoms with Crippen molar-refractivity contribution in [2.45, 2.75) is 19.4 Å². The van der Waals surface area contributed by atoms with E-state index >= 15 is 0 Å². The minimum absolute atomic E-state index is 0.317. The number of nitrogens with two attached hydrogens (primary N) is 1. The van der Waals surface area contributed by atoms with Crippen molar-refractivity contribution in [3.8, 4) is 0 Å². The topological polar surface area (TPSA) is 81.1 Å². The third-order valence-corrected chi connectivity index (χ3v) is 2.00. The lowest BCUT2D eigenvalue weighted by Crippen LogP contribution is -2.33.